The summed E-state index contributed by atoms with van der Waals surface area (Å²) in [6.07, 6.45) is 0.835. The zero-order valence-corrected chi connectivity index (χ0v) is 20.8. The molecule has 2 amide bonds. The molecule has 0 unspecified atom stereocenters. The van der Waals surface area contributed by atoms with Crippen LogP contribution in [0.2, 0.25) is 0 Å². The molecule has 0 saturated heterocycles. The van der Waals surface area contributed by atoms with Crippen LogP contribution in [0.25, 0.3) is 10.6 Å². The predicted octanol–water partition coefficient (Wildman–Crippen LogP) is 4.26. The molecule has 0 radical (unpaired) electrons. The molecule has 1 N–H and O–H groups in total. The first kappa shape index (κ1) is 26.0. The van der Waals surface area contributed by atoms with Crippen LogP contribution in [-0.2, 0) is 25.5 Å². The van der Waals surface area contributed by atoms with E-state index in [1.54, 1.807) is 11.8 Å². The summed E-state index contributed by atoms with van der Waals surface area (Å²) in [5.74, 6) is -0.832. The third kappa shape index (κ3) is 8.60. The molecule has 0 saturated carbocycles. The normalized spacial score (nSPS) is 10.6. The van der Waals surface area contributed by atoms with Gasteiger partial charge in [-0.1, -0.05) is 65.4 Å². The van der Waals surface area contributed by atoms with Crippen molar-refractivity contribution in [3.63, 3.8) is 0 Å². The van der Waals surface area contributed by atoms with Gasteiger partial charge in [0.15, 0.2) is 0 Å². The molecule has 8 nitrogen and oxygen atoms in total. The lowest BCUT2D eigenvalue weighted by Crippen LogP contribution is -2.35. The summed E-state index contributed by atoms with van der Waals surface area (Å²) in [6.45, 7) is 4.71. The second kappa shape index (κ2) is 13.3. The summed E-state index contributed by atoms with van der Waals surface area (Å²) < 4.78 is 4.92. The summed E-state index contributed by atoms with van der Waals surface area (Å²) in [7, 11) is 0. The van der Waals surface area contributed by atoms with Gasteiger partial charge < -0.3 is 15.0 Å². The number of anilines is 1. The smallest absolute Gasteiger partial charge is 0.306 e. The van der Waals surface area contributed by atoms with Gasteiger partial charge in [-0.15, -0.1) is 10.2 Å². The highest BCUT2D eigenvalue weighted by Gasteiger charge is 2.18. The standard InChI is InChI=1S/C26H30N4O4S/c1-3-34-24(33)13-12-23(32)30(16-14-20-9-5-4-6-10-20)17-15-22(31)27-26-29-28-25(35-26)21-11-7-8-19(2)18-21/h4-11,18H,3,12-17H2,1-2H3,(H,27,29,31). The fourth-order valence-corrected chi connectivity index (χ4v) is 4.21. The molecule has 3 rings (SSSR count). The summed E-state index contributed by atoms with van der Waals surface area (Å²) in [6, 6.07) is 17.7. The SMILES string of the molecule is CCOC(=O)CCC(=O)N(CCC(=O)Nc1nnc(-c2cccc(C)c2)s1)CCc1ccccc1. The lowest BCUT2D eigenvalue weighted by molar-refractivity contribution is -0.145. The first-order chi connectivity index (χ1) is 16.9. The number of nitrogens with zero attached hydrogens (tertiary/aromatic N) is 3. The van der Waals surface area contributed by atoms with Crippen LogP contribution in [0.1, 0.15) is 37.3 Å². The molecule has 35 heavy (non-hydrogen) atoms. The predicted molar refractivity (Wildman–Crippen MR) is 136 cm³/mol. The Hall–Kier alpha value is -3.59. The number of hydrogen-bond acceptors (Lipinski definition) is 7. The van der Waals surface area contributed by atoms with E-state index < -0.39 is 5.97 Å². The van der Waals surface area contributed by atoms with E-state index in [4.69, 9.17) is 4.74 Å². The van der Waals surface area contributed by atoms with Crippen molar-refractivity contribution in [1.29, 1.82) is 0 Å². The third-order valence-electron chi connectivity index (χ3n) is 5.26. The number of ether oxygens (including phenoxy) is 1. The molecule has 0 aliphatic rings. The van der Waals surface area contributed by atoms with Gasteiger partial charge in [0.05, 0.1) is 13.0 Å². The maximum atomic E-state index is 12.8. The van der Waals surface area contributed by atoms with Crippen molar-refractivity contribution in [2.24, 2.45) is 0 Å². The highest BCUT2D eigenvalue weighted by Crippen LogP contribution is 2.26. The first-order valence-corrected chi connectivity index (χ1v) is 12.4. The van der Waals surface area contributed by atoms with Crippen LogP contribution >= 0.6 is 11.3 Å². The van der Waals surface area contributed by atoms with E-state index in [0.717, 1.165) is 21.7 Å². The molecule has 1 heterocycles. The molecule has 0 aliphatic heterocycles. The van der Waals surface area contributed by atoms with E-state index in [2.05, 4.69) is 15.5 Å². The average Bonchev–Trinajstić information content (AvgIpc) is 3.32. The number of hydrogen-bond donors (Lipinski definition) is 1. The van der Waals surface area contributed by atoms with Crippen molar-refractivity contribution >= 4 is 34.3 Å². The fraction of sp³-hybridized carbons (Fsp3) is 0.346. The number of carbonyl (C=O) groups is 3. The molecular formula is C26H30N4O4S. The summed E-state index contributed by atoms with van der Waals surface area (Å²) >= 11 is 1.30. The Morgan fingerprint density at radius 2 is 1.77 bits per heavy atom. The van der Waals surface area contributed by atoms with Gasteiger partial charge in [-0.3, -0.25) is 14.4 Å². The van der Waals surface area contributed by atoms with Crippen LogP contribution in [0.4, 0.5) is 5.13 Å². The Bertz CT molecular complexity index is 1130. The van der Waals surface area contributed by atoms with Crippen molar-refractivity contribution < 1.29 is 19.1 Å². The van der Waals surface area contributed by atoms with E-state index in [1.165, 1.54) is 11.3 Å². The molecule has 0 spiro atoms. The Kier molecular flexibility index (Phi) is 9.92. The van der Waals surface area contributed by atoms with Gasteiger partial charge in [0, 0.05) is 31.5 Å². The van der Waals surface area contributed by atoms with Gasteiger partial charge in [0.2, 0.25) is 16.9 Å². The number of aryl methyl sites for hydroxylation is 1. The number of rotatable bonds is 12. The number of nitrogens with one attached hydrogen (secondary N) is 1. The minimum Gasteiger partial charge on any atom is -0.466 e. The monoisotopic (exact) mass is 494 g/mol. The van der Waals surface area contributed by atoms with E-state index in [0.29, 0.717) is 18.1 Å². The minimum atomic E-state index is -0.401. The zero-order valence-electron chi connectivity index (χ0n) is 20.0. The molecule has 1 aromatic heterocycles. The topological polar surface area (TPSA) is 101 Å². The maximum absolute atomic E-state index is 12.8. The van der Waals surface area contributed by atoms with Crippen LogP contribution in [-0.4, -0.2) is 52.6 Å². The molecule has 0 aliphatic carbocycles. The lowest BCUT2D eigenvalue weighted by atomic mass is 10.1. The van der Waals surface area contributed by atoms with Crippen molar-refractivity contribution in [3.05, 3.63) is 65.7 Å². The van der Waals surface area contributed by atoms with Gasteiger partial charge in [-0.05, 0) is 31.9 Å². The largest absolute Gasteiger partial charge is 0.466 e. The molecule has 184 valence electrons. The van der Waals surface area contributed by atoms with E-state index in [-0.39, 0.29) is 44.2 Å². The van der Waals surface area contributed by atoms with Crippen molar-refractivity contribution in [3.8, 4) is 10.6 Å². The zero-order chi connectivity index (χ0) is 25.0. The van der Waals surface area contributed by atoms with Crippen molar-refractivity contribution in [2.75, 3.05) is 25.0 Å². The molecule has 9 heteroatoms. The summed E-state index contributed by atoms with van der Waals surface area (Å²) in [5.41, 5.74) is 3.16. The van der Waals surface area contributed by atoms with Crippen LogP contribution in [0.15, 0.2) is 54.6 Å². The van der Waals surface area contributed by atoms with Crippen LogP contribution < -0.4 is 5.32 Å². The molecule has 3 aromatic rings. The lowest BCUT2D eigenvalue weighted by Gasteiger charge is -2.22. The van der Waals surface area contributed by atoms with E-state index in [9.17, 15) is 14.4 Å². The number of aromatic nitrogens is 2. The quantitative estimate of drug-likeness (QED) is 0.378. The molecule has 0 atom stereocenters. The third-order valence-corrected chi connectivity index (χ3v) is 6.15. The Balaban J connectivity index is 1.56. The van der Waals surface area contributed by atoms with Crippen molar-refractivity contribution in [2.45, 2.75) is 39.5 Å². The van der Waals surface area contributed by atoms with Crippen LogP contribution in [0, 0.1) is 6.92 Å². The van der Waals surface area contributed by atoms with Gasteiger partial charge in [-0.25, -0.2) is 0 Å². The summed E-state index contributed by atoms with van der Waals surface area (Å²) in [4.78, 5) is 38.7. The second-order valence-corrected chi connectivity index (χ2v) is 8.98. The van der Waals surface area contributed by atoms with Crippen molar-refractivity contribution in [1.82, 2.24) is 15.1 Å². The molecule has 0 bridgehead atoms. The Morgan fingerprint density at radius 3 is 2.51 bits per heavy atom. The van der Waals surface area contributed by atoms with Gasteiger partial charge >= 0.3 is 5.97 Å². The molecule has 0 fully saturated rings. The van der Waals surface area contributed by atoms with Gasteiger partial charge in [0.1, 0.15) is 5.01 Å². The number of carbonyl (C=O) groups excluding carboxylic acids is 3. The van der Waals surface area contributed by atoms with Crippen LogP contribution in [0.3, 0.4) is 0 Å². The van der Waals surface area contributed by atoms with E-state index >= 15 is 0 Å². The fourth-order valence-electron chi connectivity index (χ4n) is 3.46. The molecule has 2 aromatic carbocycles. The van der Waals surface area contributed by atoms with E-state index in [1.807, 2.05) is 61.5 Å². The maximum Gasteiger partial charge on any atom is 0.306 e. The number of benzene rings is 2. The van der Waals surface area contributed by atoms with Gasteiger partial charge in [0.25, 0.3) is 0 Å². The molecular weight excluding hydrogens is 464 g/mol. The first-order valence-electron chi connectivity index (χ1n) is 11.6. The van der Waals surface area contributed by atoms with Crippen LogP contribution in [0.5, 0.6) is 0 Å². The number of esters is 1. The minimum absolute atomic E-state index is 0.0211. The summed E-state index contributed by atoms with van der Waals surface area (Å²) in [5, 5.41) is 12.2. The highest BCUT2D eigenvalue weighted by atomic mass is 32.1. The van der Waals surface area contributed by atoms with Gasteiger partial charge in [-0.2, -0.15) is 0 Å². The Labute approximate surface area is 209 Å². The second-order valence-electron chi connectivity index (χ2n) is 8.00. The average molecular weight is 495 g/mol. The highest BCUT2D eigenvalue weighted by molar-refractivity contribution is 7.18. The number of amides is 2. The Morgan fingerprint density at radius 1 is 0.971 bits per heavy atom.